The van der Waals surface area contributed by atoms with E-state index in [1.165, 1.54) is 7.11 Å². The molecule has 1 amide bonds. The predicted octanol–water partition coefficient (Wildman–Crippen LogP) is -3.12. The number of alkyl carbamates (subject to hydrolysis) is 1. The number of hydrogen-bond donors (Lipinski definition) is 7. The van der Waals surface area contributed by atoms with Crippen molar-refractivity contribution >= 4 is 12.1 Å². The molecular formula is C18H31NO13. The molecule has 0 bridgehead atoms. The van der Waals surface area contributed by atoms with Gasteiger partial charge in [-0.2, -0.15) is 0 Å². The van der Waals surface area contributed by atoms with Crippen molar-refractivity contribution in [3.8, 4) is 0 Å². The van der Waals surface area contributed by atoms with Crippen LogP contribution in [0, 0.1) is 0 Å². The van der Waals surface area contributed by atoms with Gasteiger partial charge in [0.05, 0.1) is 6.61 Å². The maximum Gasteiger partial charge on any atom is 0.408 e. The molecule has 2 saturated heterocycles. The molecule has 10 atom stereocenters. The fourth-order valence-electron chi connectivity index (χ4n) is 3.35. The van der Waals surface area contributed by atoms with E-state index >= 15 is 0 Å². The Morgan fingerprint density at radius 1 is 0.969 bits per heavy atom. The normalized spacial score (nSPS) is 40.5. The van der Waals surface area contributed by atoms with Crippen LogP contribution in [0.5, 0.6) is 0 Å². The minimum absolute atomic E-state index is 0.697. The number of carbonyl (C=O) groups is 2. The number of aliphatic carboxylic acids is 1. The molecule has 0 unspecified atom stereocenters. The lowest BCUT2D eigenvalue weighted by Crippen LogP contribution is -2.68. The summed E-state index contributed by atoms with van der Waals surface area (Å²) in [5, 5.41) is 62.0. The van der Waals surface area contributed by atoms with Gasteiger partial charge in [-0.15, -0.1) is 0 Å². The minimum atomic E-state index is -1.94. The lowest BCUT2D eigenvalue weighted by molar-refractivity contribution is -0.342. The summed E-state index contributed by atoms with van der Waals surface area (Å²) < 4.78 is 26.3. The molecule has 7 N–H and O–H groups in total. The van der Waals surface area contributed by atoms with Crippen LogP contribution in [0.4, 0.5) is 4.79 Å². The van der Waals surface area contributed by atoms with Crippen LogP contribution in [0.1, 0.15) is 20.8 Å². The van der Waals surface area contributed by atoms with Crippen LogP contribution in [0.15, 0.2) is 0 Å². The highest BCUT2D eigenvalue weighted by atomic mass is 16.7. The highest BCUT2D eigenvalue weighted by Crippen LogP contribution is 2.29. The third kappa shape index (κ3) is 6.03. The number of carboxylic acids is 1. The van der Waals surface area contributed by atoms with Crippen molar-refractivity contribution in [2.24, 2.45) is 0 Å². The zero-order valence-electron chi connectivity index (χ0n) is 18.0. The van der Waals surface area contributed by atoms with Gasteiger partial charge in [0.25, 0.3) is 0 Å². The quantitative estimate of drug-likeness (QED) is 0.205. The molecule has 14 heteroatoms. The number of carboxylic acid groups (broad SMARTS) is 1. The maximum absolute atomic E-state index is 12.2. The molecule has 0 spiro atoms. The van der Waals surface area contributed by atoms with Gasteiger partial charge in [-0.3, -0.25) is 0 Å². The molecule has 32 heavy (non-hydrogen) atoms. The van der Waals surface area contributed by atoms with E-state index in [0.717, 1.165) is 0 Å². The van der Waals surface area contributed by atoms with Gasteiger partial charge in [0.2, 0.25) is 0 Å². The van der Waals surface area contributed by atoms with Crippen LogP contribution < -0.4 is 5.32 Å². The average molecular weight is 469 g/mol. The molecule has 0 saturated carbocycles. The minimum Gasteiger partial charge on any atom is -0.479 e. The highest BCUT2D eigenvalue weighted by molar-refractivity contribution is 5.73. The Morgan fingerprint density at radius 2 is 1.59 bits per heavy atom. The van der Waals surface area contributed by atoms with Crippen LogP contribution in [-0.4, -0.2) is 123 Å². The summed E-state index contributed by atoms with van der Waals surface area (Å²) in [5.41, 5.74) is -0.848. The fourth-order valence-corrected chi connectivity index (χ4v) is 3.35. The number of nitrogens with one attached hydrogen (secondary N) is 1. The maximum atomic E-state index is 12.2. The number of aliphatic hydroxyl groups is 5. The van der Waals surface area contributed by atoms with Crippen LogP contribution in [0.3, 0.4) is 0 Å². The zero-order valence-corrected chi connectivity index (χ0v) is 18.0. The Labute approximate surface area is 183 Å². The van der Waals surface area contributed by atoms with Gasteiger partial charge >= 0.3 is 12.1 Å². The van der Waals surface area contributed by atoms with E-state index in [2.05, 4.69) is 5.32 Å². The molecule has 186 valence electrons. The van der Waals surface area contributed by atoms with Crippen molar-refractivity contribution in [2.75, 3.05) is 13.7 Å². The SMILES string of the molecule is CO[C@H]1O[C@H](CO)[C@@H](O[C@@H]2O[C@H](C(=O)O)[C@@H](O)[C@H](O)[C@H]2O)[C@H](O)[C@H]1NC(=O)OC(C)(C)C. The molecule has 2 heterocycles. The first kappa shape index (κ1) is 26.6. The first-order chi connectivity index (χ1) is 14.8. The lowest BCUT2D eigenvalue weighted by Gasteiger charge is -2.46. The lowest BCUT2D eigenvalue weighted by atomic mass is 9.95. The number of hydrogen-bond acceptors (Lipinski definition) is 12. The summed E-state index contributed by atoms with van der Waals surface area (Å²) in [5.74, 6) is -1.62. The van der Waals surface area contributed by atoms with E-state index in [0.29, 0.717) is 0 Å². The van der Waals surface area contributed by atoms with Crippen molar-refractivity contribution in [1.82, 2.24) is 5.32 Å². The van der Waals surface area contributed by atoms with E-state index in [-0.39, 0.29) is 0 Å². The number of ether oxygens (including phenoxy) is 5. The molecule has 2 rings (SSSR count). The van der Waals surface area contributed by atoms with Crippen molar-refractivity contribution in [2.45, 2.75) is 87.7 Å². The van der Waals surface area contributed by atoms with E-state index in [1.54, 1.807) is 20.8 Å². The molecule has 0 aliphatic carbocycles. The van der Waals surface area contributed by atoms with Crippen LogP contribution >= 0.6 is 0 Å². The Hall–Kier alpha value is -1.62. The first-order valence-corrected chi connectivity index (χ1v) is 9.85. The van der Waals surface area contributed by atoms with Gasteiger partial charge in [-0.1, -0.05) is 0 Å². The van der Waals surface area contributed by atoms with Crippen LogP contribution in [-0.2, 0) is 28.5 Å². The molecule has 0 radical (unpaired) electrons. The molecule has 0 aromatic rings. The topological polar surface area (TPSA) is 214 Å². The number of methoxy groups -OCH3 is 1. The number of carbonyl (C=O) groups excluding carboxylic acids is 1. The summed E-state index contributed by atoms with van der Waals surface area (Å²) in [6.45, 7) is 4.18. The number of amides is 1. The second kappa shape index (κ2) is 10.5. The fraction of sp³-hybridized carbons (Fsp3) is 0.889. The Kier molecular flexibility index (Phi) is 8.77. The third-order valence-corrected chi connectivity index (χ3v) is 4.87. The molecule has 0 aromatic carbocycles. The van der Waals surface area contributed by atoms with Crippen molar-refractivity contribution in [1.29, 1.82) is 0 Å². The highest BCUT2D eigenvalue weighted by Gasteiger charge is 2.52. The monoisotopic (exact) mass is 469 g/mol. The van der Waals surface area contributed by atoms with Gasteiger partial charge in [-0.05, 0) is 20.8 Å². The molecule has 2 aliphatic rings. The van der Waals surface area contributed by atoms with Gasteiger partial charge in [0.15, 0.2) is 18.7 Å². The van der Waals surface area contributed by atoms with E-state index in [1.807, 2.05) is 0 Å². The molecular weight excluding hydrogens is 438 g/mol. The van der Waals surface area contributed by atoms with Crippen molar-refractivity contribution in [3.05, 3.63) is 0 Å². The van der Waals surface area contributed by atoms with Gasteiger partial charge in [0, 0.05) is 7.11 Å². The second-order valence-electron chi connectivity index (χ2n) is 8.46. The predicted molar refractivity (Wildman–Crippen MR) is 101 cm³/mol. The summed E-state index contributed by atoms with van der Waals surface area (Å²) in [6, 6.07) is -1.27. The molecule has 2 fully saturated rings. The van der Waals surface area contributed by atoms with Gasteiger partial charge < -0.3 is 59.6 Å². The molecule has 0 aromatic heterocycles. The smallest absolute Gasteiger partial charge is 0.408 e. The summed E-state index contributed by atoms with van der Waals surface area (Å²) in [4.78, 5) is 23.5. The zero-order chi connectivity index (χ0) is 24.4. The van der Waals surface area contributed by atoms with Crippen LogP contribution in [0.25, 0.3) is 0 Å². The average Bonchev–Trinajstić information content (AvgIpc) is 2.69. The standard InChI is InChI=1S/C18H31NO13/c1-18(2,3)32-17(27)19-7-8(21)12(6(5-20)29-15(7)28-4)30-16-11(24)9(22)10(23)13(31-16)14(25)26/h6-13,15-16,20-24H,5H2,1-4H3,(H,19,27)(H,25,26)/t6-,7-,8-,9+,10+,11-,12-,13+,15+,16-/m1/s1. The Morgan fingerprint density at radius 3 is 2.09 bits per heavy atom. The summed E-state index contributed by atoms with van der Waals surface area (Å²) >= 11 is 0. The Bertz CT molecular complexity index is 655. The molecule has 2 aliphatic heterocycles. The third-order valence-electron chi connectivity index (χ3n) is 4.87. The van der Waals surface area contributed by atoms with Gasteiger partial charge in [0.1, 0.15) is 48.3 Å². The molecule has 14 nitrogen and oxygen atoms in total. The first-order valence-electron chi connectivity index (χ1n) is 9.85. The largest absolute Gasteiger partial charge is 0.479 e. The number of aliphatic hydroxyl groups excluding tert-OH is 5. The second-order valence-corrected chi connectivity index (χ2v) is 8.46. The van der Waals surface area contributed by atoms with E-state index < -0.39 is 85.6 Å². The van der Waals surface area contributed by atoms with Gasteiger partial charge in [-0.25, -0.2) is 9.59 Å². The van der Waals surface area contributed by atoms with E-state index in [4.69, 9.17) is 28.8 Å². The van der Waals surface area contributed by atoms with Crippen molar-refractivity contribution < 1.29 is 63.9 Å². The Balaban J connectivity index is 2.22. The number of rotatable bonds is 6. The van der Waals surface area contributed by atoms with Crippen LogP contribution in [0.2, 0.25) is 0 Å². The van der Waals surface area contributed by atoms with E-state index in [9.17, 15) is 35.1 Å². The van der Waals surface area contributed by atoms with Crippen molar-refractivity contribution in [3.63, 3.8) is 0 Å². The summed E-state index contributed by atoms with van der Waals surface area (Å²) in [6.07, 6.45) is -16.0. The summed E-state index contributed by atoms with van der Waals surface area (Å²) in [7, 11) is 1.24.